The summed E-state index contributed by atoms with van der Waals surface area (Å²) in [4.78, 5) is 2.41. The van der Waals surface area contributed by atoms with Crippen molar-refractivity contribution in [3.05, 3.63) is 41.1 Å². The maximum atomic E-state index is 5.46. The maximum absolute atomic E-state index is 5.46. The highest BCUT2D eigenvalue weighted by molar-refractivity contribution is 5.29. The Morgan fingerprint density at radius 1 is 1.43 bits per heavy atom. The van der Waals surface area contributed by atoms with E-state index in [2.05, 4.69) is 23.4 Å². The van der Waals surface area contributed by atoms with Gasteiger partial charge in [0.25, 0.3) is 0 Å². The van der Waals surface area contributed by atoms with E-state index in [0.29, 0.717) is 12.6 Å². The van der Waals surface area contributed by atoms with Crippen LogP contribution in [0.3, 0.4) is 0 Å². The van der Waals surface area contributed by atoms with Crippen molar-refractivity contribution in [2.45, 2.75) is 46.0 Å². The lowest BCUT2D eigenvalue weighted by Gasteiger charge is -2.27. The number of fused-ring (bicyclic) bond motifs is 1. The van der Waals surface area contributed by atoms with E-state index in [0.717, 1.165) is 37.5 Å². The van der Waals surface area contributed by atoms with Crippen molar-refractivity contribution in [2.75, 3.05) is 13.7 Å². The summed E-state index contributed by atoms with van der Waals surface area (Å²) in [5.74, 6) is 1.02. The van der Waals surface area contributed by atoms with E-state index >= 15 is 0 Å². The summed E-state index contributed by atoms with van der Waals surface area (Å²) in [5.41, 5.74) is 3.80. The van der Waals surface area contributed by atoms with Gasteiger partial charge in [-0.15, -0.1) is 0 Å². The molecule has 0 fully saturated rings. The molecule has 21 heavy (non-hydrogen) atoms. The number of ether oxygens (including phenoxy) is 1. The van der Waals surface area contributed by atoms with Crippen LogP contribution in [-0.2, 0) is 30.9 Å². The lowest BCUT2D eigenvalue weighted by Crippen LogP contribution is -2.31. The van der Waals surface area contributed by atoms with E-state index in [1.165, 1.54) is 11.3 Å². The molecule has 0 amide bonds. The summed E-state index contributed by atoms with van der Waals surface area (Å²) in [5, 5.41) is 4.75. The second-order valence-electron chi connectivity index (χ2n) is 5.88. The molecule has 0 atom stereocenters. The predicted molar refractivity (Wildman–Crippen MR) is 79.9 cm³/mol. The van der Waals surface area contributed by atoms with Gasteiger partial charge in [-0.05, 0) is 32.4 Å². The average molecular weight is 289 g/mol. The molecule has 0 saturated carbocycles. The Bertz CT molecular complexity index is 587. The third-order valence-corrected chi connectivity index (χ3v) is 3.98. The molecule has 3 heterocycles. The molecule has 5 nitrogen and oxygen atoms in total. The van der Waals surface area contributed by atoms with Gasteiger partial charge >= 0.3 is 0 Å². The molecule has 114 valence electrons. The molecule has 0 aliphatic carbocycles. The highest BCUT2D eigenvalue weighted by Gasteiger charge is 2.26. The van der Waals surface area contributed by atoms with E-state index in [1.54, 1.807) is 13.4 Å². The summed E-state index contributed by atoms with van der Waals surface area (Å²) < 4.78 is 12.9. The van der Waals surface area contributed by atoms with Gasteiger partial charge < -0.3 is 9.15 Å². The second kappa shape index (κ2) is 6.03. The van der Waals surface area contributed by atoms with Gasteiger partial charge in [0, 0.05) is 31.8 Å². The molecule has 0 saturated heterocycles. The van der Waals surface area contributed by atoms with Crippen molar-refractivity contribution in [3.8, 4) is 0 Å². The number of methoxy groups -OCH3 is 1. The van der Waals surface area contributed by atoms with E-state index < -0.39 is 0 Å². The molecule has 2 aromatic heterocycles. The summed E-state index contributed by atoms with van der Waals surface area (Å²) >= 11 is 0. The Hall–Kier alpha value is -1.59. The fraction of sp³-hybridized carbons (Fsp3) is 0.562. The quantitative estimate of drug-likeness (QED) is 0.849. The zero-order chi connectivity index (χ0) is 14.8. The molecule has 1 aliphatic rings. The topological polar surface area (TPSA) is 43.4 Å². The second-order valence-corrected chi connectivity index (χ2v) is 5.88. The minimum absolute atomic E-state index is 0.368. The van der Waals surface area contributed by atoms with Crippen molar-refractivity contribution in [1.29, 1.82) is 0 Å². The molecule has 0 aromatic carbocycles. The molecule has 0 unspecified atom stereocenters. The number of furan rings is 1. The third kappa shape index (κ3) is 2.89. The maximum Gasteiger partial charge on any atom is 0.117 e. The Balaban J connectivity index is 1.83. The molecule has 0 N–H and O–H groups in total. The van der Waals surface area contributed by atoms with Crippen LogP contribution in [0.15, 0.2) is 22.8 Å². The Morgan fingerprint density at radius 3 is 2.95 bits per heavy atom. The van der Waals surface area contributed by atoms with E-state index in [4.69, 9.17) is 14.3 Å². The molecule has 1 aliphatic heterocycles. The lowest BCUT2D eigenvalue weighted by atomic mass is 10.0. The van der Waals surface area contributed by atoms with Crippen molar-refractivity contribution in [2.24, 2.45) is 0 Å². The summed E-state index contributed by atoms with van der Waals surface area (Å²) in [6.07, 6.45) is 2.77. The molecule has 0 spiro atoms. The first-order valence-electron chi connectivity index (χ1n) is 7.52. The third-order valence-electron chi connectivity index (χ3n) is 3.98. The highest BCUT2D eigenvalue weighted by Crippen LogP contribution is 2.26. The van der Waals surface area contributed by atoms with E-state index in [1.807, 2.05) is 12.1 Å². The predicted octanol–water partition coefficient (Wildman–Crippen LogP) is 2.76. The molecule has 3 rings (SSSR count). The van der Waals surface area contributed by atoms with Gasteiger partial charge in [-0.25, -0.2) is 0 Å². The Labute approximate surface area is 125 Å². The number of hydrogen-bond donors (Lipinski definition) is 0. The average Bonchev–Trinajstić information content (AvgIpc) is 3.07. The fourth-order valence-electron chi connectivity index (χ4n) is 3.01. The van der Waals surface area contributed by atoms with Crippen molar-refractivity contribution in [1.82, 2.24) is 14.7 Å². The minimum Gasteiger partial charge on any atom is -0.468 e. The van der Waals surface area contributed by atoms with Gasteiger partial charge in [-0.2, -0.15) is 5.10 Å². The number of hydrogen-bond acceptors (Lipinski definition) is 4. The van der Waals surface area contributed by atoms with Crippen LogP contribution in [0.4, 0.5) is 0 Å². The highest BCUT2D eigenvalue weighted by atomic mass is 16.5. The van der Waals surface area contributed by atoms with Crippen molar-refractivity contribution in [3.63, 3.8) is 0 Å². The van der Waals surface area contributed by atoms with Gasteiger partial charge in [-0.1, -0.05) is 0 Å². The van der Waals surface area contributed by atoms with E-state index in [9.17, 15) is 0 Å². The van der Waals surface area contributed by atoms with Gasteiger partial charge in [0.1, 0.15) is 5.76 Å². The summed E-state index contributed by atoms with van der Waals surface area (Å²) in [6.45, 7) is 7.76. The van der Waals surface area contributed by atoms with Crippen molar-refractivity contribution < 1.29 is 9.15 Å². The SMILES string of the molecule is COCc1nn(C(C)C)c2c1CCN(Cc1ccco1)C2. The first kappa shape index (κ1) is 14.4. The van der Waals surface area contributed by atoms with Crippen LogP contribution >= 0.6 is 0 Å². The Kier molecular flexibility index (Phi) is 4.12. The zero-order valence-electron chi connectivity index (χ0n) is 13.0. The normalized spacial score (nSPS) is 15.6. The minimum atomic E-state index is 0.368. The first-order valence-corrected chi connectivity index (χ1v) is 7.52. The van der Waals surface area contributed by atoms with Crippen LogP contribution in [-0.4, -0.2) is 28.3 Å². The monoisotopic (exact) mass is 289 g/mol. The lowest BCUT2D eigenvalue weighted by molar-refractivity contribution is 0.179. The van der Waals surface area contributed by atoms with Crippen LogP contribution in [0.1, 0.15) is 42.6 Å². The molecule has 2 aromatic rings. The summed E-state index contributed by atoms with van der Waals surface area (Å²) in [7, 11) is 1.73. The smallest absolute Gasteiger partial charge is 0.117 e. The first-order chi connectivity index (χ1) is 10.2. The van der Waals surface area contributed by atoms with Crippen LogP contribution < -0.4 is 0 Å². The van der Waals surface area contributed by atoms with Gasteiger partial charge in [-0.3, -0.25) is 9.58 Å². The van der Waals surface area contributed by atoms with Gasteiger partial charge in [0.15, 0.2) is 0 Å². The van der Waals surface area contributed by atoms with E-state index in [-0.39, 0.29) is 0 Å². The zero-order valence-corrected chi connectivity index (χ0v) is 13.0. The summed E-state index contributed by atoms with van der Waals surface area (Å²) in [6, 6.07) is 4.35. The van der Waals surface area contributed by atoms with Crippen LogP contribution in [0.2, 0.25) is 0 Å². The largest absolute Gasteiger partial charge is 0.468 e. The van der Waals surface area contributed by atoms with Gasteiger partial charge in [0.2, 0.25) is 0 Å². The van der Waals surface area contributed by atoms with Crippen LogP contribution in [0.5, 0.6) is 0 Å². The van der Waals surface area contributed by atoms with Crippen molar-refractivity contribution >= 4 is 0 Å². The molecular weight excluding hydrogens is 266 g/mol. The molecule has 0 bridgehead atoms. The standard InChI is InChI=1S/C16H23N3O2/c1-12(2)19-16-10-18(9-13-5-4-8-21-13)7-6-14(16)15(17-19)11-20-3/h4-5,8,12H,6-7,9-11H2,1-3H3. The molecular formula is C16H23N3O2. The molecule has 0 radical (unpaired) electrons. The Morgan fingerprint density at radius 2 is 2.29 bits per heavy atom. The van der Waals surface area contributed by atoms with Crippen LogP contribution in [0.25, 0.3) is 0 Å². The van der Waals surface area contributed by atoms with Crippen LogP contribution in [0, 0.1) is 0 Å². The number of rotatable bonds is 5. The number of aromatic nitrogens is 2. The number of nitrogens with zero attached hydrogens (tertiary/aromatic N) is 3. The molecule has 5 heteroatoms. The fourth-order valence-corrected chi connectivity index (χ4v) is 3.01. The van der Waals surface area contributed by atoms with Gasteiger partial charge in [0.05, 0.1) is 30.8 Å².